The van der Waals surface area contributed by atoms with Crippen molar-refractivity contribution in [2.45, 2.75) is 0 Å². The van der Waals surface area contributed by atoms with Crippen LogP contribution in [0.4, 0.5) is 10.1 Å². The quantitative estimate of drug-likeness (QED) is 0.243. The lowest BCUT2D eigenvalue weighted by atomic mass is 10.3. The van der Waals surface area contributed by atoms with Crippen molar-refractivity contribution in [1.82, 2.24) is 5.43 Å². The largest absolute Gasteiger partial charge is 0.369 e. The molecule has 0 fully saturated rings. The second-order valence-corrected chi connectivity index (χ2v) is 2.12. The Morgan fingerprint density at radius 3 is 2.42 bits per heavy atom. The molecule has 0 aliphatic heterocycles. The Balaban J connectivity index is 2.84. The van der Waals surface area contributed by atoms with Crippen LogP contribution < -0.4 is 17.0 Å². The SMILES string of the molecule is NNC(N)=Nc1ccc(F)cc1. The van der Waals surface area contributed by atoms with Gasteiger partial charge in [0.05, 0.1) is 5.69 Å². The highest BCUT2D eigenvalue weighted by Gasteiger charge is 1.91. The molecule has 64 valence electrons. The van der Waals surface area contributed by atoms with Crippen LogP contribution in [0, 0.1) is 5.82 Å². The molecule has 1 aromatic rings. The van der Waals surface area contributed by atoms with Gasteiger partial charge in [-0.3, -0.25) is 5.43 Å². The number of guanidine groups is 1. The Morgan fingerprint density at radius 1 is 1.33 bits per heavy atom. The van der Waals surface area contributed by atoms with Crippen LogP contribution in [-0.2, 0) is 0 Å². The normalized spacial score (nSPS) is 11.3. The molecule has 0 atom stereocenters. The van der Waals surface area contributed by atoms with Crippen LogP contribution in [-0.4, -0.2) is 5.96 Å². The van der Waals surface area contributed by atoms with Crippen LogP contribution in [0.3, 0.4) is 0 Å². The molecule has 0 aromatic heterocycles. The van der Waals surface area contributed by atoms with Crippen molar-refractivity contribution >= 4 is 11.6 Å². The fraction of sp³-hybridized carbons (Fsp3) is 0. The highest BCUT2D eigenvalue weighted by Crippen LogP contribution is 2.11. The van der Waals surface area contributed by atoms with Crippen molar-refractivity contribution < 1.29 is 4.39 Å². The molecule has 0 saturated heterocycles. The monoisotopic (exact) mass is 168 g/mol. The number of nitrogens with two attached hydrogens (primary N) is 2. The fourth-order valence-corrected chi connectivity index (χ4v) is 0.687. The van der Waals surface area contributed by atoms with E-state index in [-0.39, 0.29) is 11.8 Å². The standard InChI is InChI=1S/C7H9FN4/c8-5-1-3-6(4-2-5)11-7(9)12-10/h1-4H,10H2,(H3,9,11,12). The molecule has 4 nitrogen and oxygen atoms in total. The van der Waals surface area contributed by atoms with Crippen LogP contribution in [0.5, 0.6) is 0 Å². The van der Waals surface area contributed by atoms with E-state index in [1.807, 2.05) is 0 Å². The minimum Gasteiger partial charge on any atom is -0.369 e. The molecule has 0 radical (unpaired) electrons. The second-order valence-electron chi connectivity index (χ2n) is 2.12. The smallest absolute Gasteiger partial charge is 0.208 e. The van der Waals surface area contributed by atoms with Gasteiger partial charge in [0.1, 0.15) is 5.82 Å². The number of halogens is 1. The van der Waals surface area contributed by atoms with Crippen LogP contribution in [0.25, 0.3) is 0 Å². The summed E-state index contributed by atoms with van der Waals surface area (Å²) >= 11 is 0. The number of rotatable bonds is 1. The number of hydrogen-bond acceptors (Lipinski definition) is 2. The van der Waals surface area contributed by atoms with E-state index >= 15 is 0 Å². The topological polar surface area (TPSA) is 76.4 Å². The molecule has 0 spiro atoms. The fourth-order valence-electron chi connectivity index (χ4n) is 0.687. The molecular weight excluding hydrogens is 159 g/mol. The number of benzene rings is 1. The van der Waals surface area contributed by atoms with Crippen LogP contribution >= 0.6 is 0 Å². The van der Waals surface area contributed by atoms with Crippen molar-refractivity contribution in [3.63, 3.8) is 0 Å². The zero-order chi connectivity index (χ0) is 8.97. The summed E-state index contributed by atoms with van der Waals surface area (Å²) < 4.78 is 12.4. The Kier molecular flexibility index (Phi) is 2.60. The number of nitrogens with zero attached hydrogens (tertiary/aromatic N) is 1. The summed E-state index contributed by atoms with van der Waals surface area (Å²) in [6, 6.07) is 5.59. The van der Waals surface area contributed by atoms with Gasteiger partial charge in [-0.1, -0.05) is 0 Å². The third-order valence-electron chi connectivity index (χ3n) is 1.22. The molecule has 1 rings (SSSR count). The molecule has 12 heavy (non-hydrogen) atoms. The minimum absolute atomic E-state index is 0.0848. The molecule has 0 amide bonds. The van der Waals surface area contributed by atoms with Gasteiger partial charge >= 0.3 is 0 Å². The molecule has 0 aliphatic rings. The van der Waals surface area contributed by atoms with Gasteiger partial charge in [-0.15, -0.1) is 0 Å². The number of nitrogens with one attached hydrogen (secondary N) is 1. The second kappa shape index (κ2) is 3.68. The highest BCUT2D eigenvalue weighted by atomic mass is 19.1. The lowest BCUT2D eigenvalue weighted by Crippen LogP contribution is -2.36. The summed E-state index contributed by atoms with van der Waals surface area (Å²) in [7, 11) is 0. The van der Waals surface area contributed by atoms with E-state index in [1.165, 1.54) is 24.3 Å². The summed E-state index contributed by atoms with van der Waals surface area (Å²) in [5, 5.41) is 0. The maximum atomic E-state index is 12.4. The maximum Gasteiger partial charge on any atom is 0.208 e. The van der Waals surface area contributed by atoms with Crippen molar-refractivity contribution in [3.8, 4) is 0 Å². The molecule has 0 unspecified atom stereocenters. The van der Waals surface area contributed by atoms with Crippen LogP contribution in [0.1, 0.15) is 0 Å². The predicted octanol–water partition coefficient (Wildman–Crippen LogP) is 0.235. The van der Waals surface area contributed by atoms with E-state index in [0.717, 1.165) is 0 Å². The van der Waals surface area contributed by atoms with Gasteiger partial charge in [0.2, 0.25) is 5.96 Å². The molecule has 0 heterocycles. The summed E-state index contributed by atoms with van der Waals surface area (Å²) in [6.45, 7) is 0. The lowest BCUT2D eigenvalue weighted by molar-refractivity contribution is 0.628. The van der Waals surface area contributed by atoms with E-state index in [2.05, 4.69) is 10.4 Å². The van der Waals surface area contributed by atoms with E-state index in [4.69, 9.17) is 11.6 Å². The van der Waals surface area contributed by atoms with Crippen molar-refractivity contribution in [2.24, 2.45) is 16.6 Å². The van der Waals surface area contributed by atoms with Gasteiger partial charge in [0, 0.05) is 0 Å². The number of aliphatic imine (C=N–C) groups is 1. The third kappa shape index (κ3) is 2.21. The van der Waals surface area contributed by atoms with Gasteiger partial charge < -0.3 is 5.73 Å². The van der Waals surface area contributed by atoms with Gasteiger partial charge in [-0.25, -0.2) is 15.2 Å². The van der Waals surface area contributed by atoms with Gasteiger partial charge in [-0.05, 0) is 24.3 Å². The summed E-state index contributed by atoms with van der Waals surface area (Å²) in [6.07, 6.45) is 0. The number of hydrogen-bond donors (Lipinski definition) is 3. The van der Waals surface area contributed by atoms with Gasteiger partial charge in [0.25, 0.3) is 0 Å². The average molecular weight is 168 g/mol. The molecule has 1 aromatic carbocycles. The van der Waals surface area contributed by atoms with Crippen LogP contribution in [0.2, 0.25) is 0 Å². The Bertz CT molecular complexity index is 280. The minimum atomic E-state index is -0.312. The van der Waals surface area contributed by atoms with Crippen molar-refractivity contribution in [2.75, 3.05) is 0 Å². The lowest BCUT2D eigenvalue weighted by Gasteiger charge is -1.97. The first-order valence-corrected chi connectivity index (χ1v) is 3.28. The van der Waals surface area contributed by atoms with E-state index in [9.17, 15) is 4.39 Å². The van der Waals surface area contributed by atoms with E-state index in [0.29, 0.717) is 5.69 Å². The first kappa shape index (κ1) is 8.48. The highest BCUT2D eigenvalue weighted by molar-refractivity contribution is 5.80. The molecule has 5 N–H and O–H groups in total. The molecule has 0 aliphatic carbocycles. The number of hydrazine groups is 1. The van der Waals surface area contributed by atoms with Gasteiger partial charge in [0.15, 0.2) is 0 Å². The van der Waals surface area contributed by atoms with Crippen LogP contribution in [0.15, 0.2) is 29.3 Å². The van der Waals surface area contributed by atoms with Crippen molar-refractivity contribution in [1.29, 1.82) is 0 Å². The molecule has 5 heteroatoms. The van der Waals surface area contributed by atoms with E-state index < -0.39 is 0 Å². The third-order valence-corrected chi connectivity index (χ3v) is 1.22. The molecular formula is C7H9FN4. The van der Waals surface area contributed by atoms with Gasteiger partial charge in [-0.2, -0.15) is 0 Å². The summed E-state index contributed by atoms with van der Waals surface area (Å²) in [5.41, 5.74) is 7.97. The average Bonchev–Trinajstić information content (AvgIpc) is 2.09. The van der Waals surface area contributed by atoms with Crippen molar-refractivity contribution in [3.05, 3.63) is 30.1 Å². The molecule has 0 bridgehead atoms. The molecule has 0 saturated carbocycles. The zero-order valence-electron chi connectivity index (χ0n) is 6.29. The maximum absolute atomic E-state index is 12.4. The predicted molar refractivity (Wildman–Crippen MR) is 45.0 cm³/mol. The first-order chi connectivity index (χ1) is 5.72. The summed E-state index contributed by atoms with van der Waals surface area (Å²) in [5.74, 6) is 4.74. The zero-order valence-corrected chi connectivity index (χ0v) is 6.29. The van der Waals surface area contributed by atoms with E-state index in [1.54, 1.807) is 0 Å². The summed E-state index contributed by atoms with van der Waals surface area (Å²) in [4.78, 5) is 3.81. The Labute approximate surface area is 69.1 Å². The Morgan fingerprint density at radius 2 is 1.92 bits per heavy atom. The Hall–Kier alpha value is -1.62. The first-order valence-electron chi connectivity index (χ1n) is 3.28.